The van der Waals surface area contributed by atoms with Crippen molar-refractivity contribution in [3.63, 3.8) is 0 Å². The van der Waals surface area contributed by atoms with Crippen LogP contribution in [-0.2, 0) is 0 Å². The fourth-order valence-electron chi connectivity index (χ4n) is 2.58. The van der Waals surface area contributed by atoms with Crippen LogP contribution in [0.15, 0.2) is 30.7 Å². The molecule has 1 aliphatic carbocycles. The number of fused-ring (bicyclic) bond motifs is 1. The summed E-state index contributed by atoms with van der Waals surface area (Å²) in [6, 6.07) is 2.03. The maximum absolute atomic E-state index is 4.21. The predicted octanol–water partition coefficient (Wildman–Crippen LogP) is 3.77. The third kappa shape index (κ3) is 1.54. The summed E-state index contributed by atoms with van der Waals surface area (Å²) >= 11 is 0. The molecular formula is C14H16N2. The highest BCUT2D eigenvalue weighted by molar-refractivity contribution is 5.92. The SMILES string of the molecule is C[C@H]1C=C(c2c[nH]c3ccncc23)CCC1. The Balaban J connectivity index is 2.12. The van der Waals surface area contributed by atoms with Crippen molar-refractivity contribution in [2.45, 2.75) is 26.2 Å². The smallest absolute Gasteiger partial charge is 0.0491 e. The lowest BCUT2D eigenvalue weighted by atomic mass is 9.88. The van der Waals surface area contributed by atoms with Gasteiger partial charge in [-0.15, -0.1) is 0 Å². The topological polar surface area (TPSA) is 28.7 Å². The molecule has 2 aromatic rings. The summed E-state index contributed by atoms with van der Waals surface area (Å²) in [5, 5.41) is 1.25. The number of nitrogens with zero attached hydrogens (tertiary/aromatic N) is 1. The zero-order chi connectivity index (χ0) is 11.0. The number of H-pyrrole nitrogens is 1. The molecular weight excluding hydrogens is 196 g/mol. The monoisotopic (exact) mass is 212 g/mol. The fourth-order valence-corrected chi connectivity index (χ4v) is 2.58. The zero-order valence-electron chi connectivity index (χ0n) is 9.53. The molecule has 1 atom stereocenters. The van der Waals surface area contributed by atoms with Gasteiger partial charge in [0.2, 0.25) is 0 Å². The average molecular weight is 212 g/mol. The molecule has 0 aliphatic heterocycles. The fraction of sp³-hybridized carbons (Fsp3) is 0.357. The molecule has 0 amide bonds. The van der Waals surface area contributed by atoms with E-state index in [1.807, 2.05) is 18.5 Å². The van der Waals surface area contributed by atoms with E-state index in [-0.39, 0.29) is 0 Å². The van der Waals surface area contributed by atoms with Gasteiger partial charge in [0, 0.05) is 35.1 Å². The summed E-state index contributed by atoms with van der Waals surface area (Å²) < 4.78 is 0. The Bertz CT molecular complexity index is 536. The minimum Gasteiger partial charge on any atom is -0.360 e. The van der Waals surface area contributed by atoms with Gasteiger partial charge in [-0.25, -0.2) is 0 Å². The number of aromatic amines is 1. The molecule has 2 heterocycles. The lowest BCUT2D eigenvalue weighted by molar-refractivity contribution is 0.593. The standard InChI is InChI=1S/C14H16N2/c1-10-3-2-4-11(7-10)12-9-16-14-5-6-15-8-13(12)14/h5-10,16H,2-4H2,1H3/t10-/m1/s1. The highest BCUT2D eigenvalue weighted by Gasteiger charge is 2.14. The number of aromatic nitrogens is 2. The van der Waals surface area contributed by atoms with Crippen LogP contribution in [0.3, 0.4) is 0 Å². The van der Waals surface area contributed by atoms with Crippen LogP contribution in [0, 0.1) is 5.92 Å². The van der Waals surface area contributed by atoms with Crippen molar-refractivity contribution in [2.75, 3.05) is 0 Å². The highest BCUT2D eigenvalue weighted by atomic mass is 14.7. The number of pyridine rings is 1. The van der Waals surface area contributed by atoms with E-state index in [0.717, 1.165) is 0 Å². The number of rotatable bonds is 1. The molecule has 0 aromatic carbocycles. The van der Waals surface area contributed by atoms with Gasteiger partial charge in [-0.2, -0.15) is 0 Å². The largest absolute Gasteiger partial charge is 0.360 e. The summed E-state index contributed by atoms with van der Waals surface area (Å²) in [6.07, 6.45) is 12.2. The van der Waals surface area contributed by atoms with Crippen molar-refractivity contribution in [1.29, 1.82) is 0 Å². The molecule has 82 valence electrons. The van der Waals surface area contributed by atoms with Gasteiger partial charge >= 0.3 is 0 Å². The van der Waals surface area contributed by atoms with E-state index >= 15 is 0 Å². The minimum absolute atomic E-state index is 0.713. The van der Waals surface area contributed by atoms with Crippen LogP contribution in [0.5, 0.6) is 0 Å². The summed E-state index contributed by atoms with van der Waals surface area (Å²) in [4.78, 5) is 7.53. The Labute approximate surface area is 95.4 Å². The molecule has 3 rings (SSSR count). The predicted molar refractivity (Wildman–Crippen MR) is 67.1 cm³/mol. The molecule has 0 bridgehead atoms. The second kappa shape index (κ2) is 3.78. The molecule has 0 saturated carbocycles. The second-order valence-corrected chi connectivity index (χ2v) is 4.69. The summed E-state index contributed by atoms with van der Waals surface area (Å²) in [6.45, 7) is 2.30. The van der Waals surface area contributed by atoms with E-state index in [1.54, 1.807) is 0 Å². The molecule has 2 aromatic heterocycles. The van der Waals surface area contributed by atoms with Crippen molar-refractivity contribution in [3.05, 3.63) is 36.3 Å². The van der Waals surface area contributed by atoms with Gasteiger partial charge in [0.15, 0.2) is 0 Å². The first kappa shape index (κ1) is 9.64. The first-order chi connectivity index (χ1) is 7.84. The molecule has 2 nitrogen and oxygen atoms in total. The Hall–Kier alpha value is -1.57. The molecule has 0 saturated heterocycles. The van der Waals surface area contributed by atoms with Gasteiger partial charge < -0.3 is 4.98 Å². The lowest BCUT2D eigenvalue weighted by Gasteiger charge is -2.17. The van der Waals surface area contributed by atoms with Gasteiger partial charge in [0.25, 0.3) is 0 Å². The molecule has 1 aliphatic rings. The van der Waals surface area contributed by atoms with Crippen LogP contribution in [0.1, 0.15) is 31.7 Å². The Morgan fingerprint density at radius 1 is 1.44 bits per heavy atom. The number of hydrogen-bond donors (Lipinski definition) is 1. The van der Waals surface area contributed by atoms with Gasteiger partial charge in [-0.05, 0) is 36.8 Å². The Morgan fingerprint density at radius 3 is 3.25 bits per heavy atom. The number of allylic oxidation sites excluding steroid dienone is 2. The van der Waals surface area contributed by atoms with Crippen molar-refractivity contribution in [3.8, 4) is 0 Å². The zero-order valence-corrected chi connectivity index (χ0v) is 9.53. The van der Waals surface area contributed by atoms with Gasteiger partial charge in [0.1, 0.15) is 0 Å². The maximum atomic E-state index is 4.21. The first-order valence-corrected chi connectivity index (χ1v) is 5.97. The van der Waals surface area contributed by atoms with Crippen molar-refractivity contribution < 1.29 is 0 Å². The molecule has 0 radical (unpaired) electrons. The highest BCUT2D eigenvalue weighted by Crippen LogP contribution is 2.33. The molecule has 16 heavy (non-hydrogen) atoms. The van der Waals surface area contributed by atoms with Gasteiger partial charge in [-0.3, -0.25) is 4.98 Å². The van der Waals surface area contributed by atoms with Crippen LogP contribution in [-0.4, -0.2) is 9.97 Å². The third-order valence-electron chi connectivity index (χ3n) is 3.42. The number of hydrogen-bond acceptors (Lipinski definition) is 1. The Kier molecular flexibility index (Phi) is 2.28. The van der Waals surface area contributed by atoms with E-state index < -0.39 is 0 Å². The van der Waals surface area contributed by atoms with Crippen LogP contribution in [0.25, 0.3) is 16.5 Å². The van der Waals surface area contributed by atoms with Crippen molar-refractivity contribution in [1.82, 2.24) is 9.97 Å². The quantitative estimate of drug-likeness (QED) is 0.766. The van der Waals surface area contributed by atoms with Crippen molar-refractivity contribution in [2.24, 2.45) is 5.92 Å². The van der Waals surface area contributed by atoms with E-state index in [2.05, 4.69) is 29.2 Å². The average Bonchev–Trinajstić information content (AvgIpc) is 2.72. The molecule has 2 heteroatoms. The van der Waals surface area contributed by atoms with E-state index in [1.165, 1.54) is 41.3 Å². The summed E-state index contributed by atoms with van der Waals surface area (Å²) in [7, 11) is 0. The van der Waals surface area contributed by atoms with Gasteiger partial charge in [0.05, 0.1) is 0 Å². The van der Waals surface area contributed by atoms with E-state index in [9.17, 15) is 0 Å². The van der Waals surface area contributed by atoms with Crippen LogP contribution in [0.4, 0.5) is 0 Å². The number of nitrogens with one attached hydrogen (secondary N) is 1. The van der Waals surface area contributed by atoms with Crippen LogP contribution >= 0.6 is 0 Å². The molecule has 0 fully saturated rings. The van der Waals surface area contributed by atoms with E-state index in [0.29, 0.717) is 5.92 Å². The van der Waals surface area contributed by atoms with Crippen LogP contribution < -0.4 is 0 Å². The second-order valence-electron chi connectivity index (χ2n) is 4.69. The summed E-state index contributed by atoms with van der Waals surface area (Å²) in [5.74, 6) is 0.713. The van der Waals surface area contributed by atoms with Crippen molar-refractivity contribution >= 4 is 16.5 Å². The van der Waals surface area contributed by atoms with Gasteiger partial charge in [-0.1, -0.05) is 13.0 Å². The van der Waals surface area contributed by atoms with E-state index in [4.69, 9.17) is 0 Å². The normalized spacial score (nSPS) is 21.1. The Morgan fingerprint density at radius 2 is 2.38 bits per heavy atom. The molecule has 0 spiro atoms. The molecule has 0 unspecified atom stereocenters. The summed E-state index contributed by atoms with van der Waals surface area (Å²) in [5.41, 5.74) is 4.01. The first-order valence-electron chi connectivity index (χ1n) is 5.97. The van der Waals surface area contributed by atoms with Crippen LogP contribution in [0.2, 0.25) is 0 Å². The maximum Gasteiger partial charge on any atom is 0.0491 e. The minimum atomic E-state index is 0.713. The third-order valence-corrected chi connectivity index (χ3v) is 3.42. The molecule has 1 N–H and O–H groups in total. The lowest BCUT2D eigenvalue weighted by Crippen LogP contribution is -1.99.